The Morgan fingerprint density at radius 3 is 2.79 bits per heavy atom. The average molecular weight is 579 g/mol. The summed E-state index contributed by atoms with van der Waals surface area (Å²) >= 11 is 12.9. The number of aromatic hydroxyl groups is 1. The van der Waals surface area contributed by atoms with Gasteiger partial charge in [-0.25, -0.2) is 9.18 Å². The van der Waals surface area contributed by atoms with Gasteiger partial charge in [0.05, 0.1) is 9.90 Å². The van der Waals surface area contributed by atoms with E-state index in [1.165, 1.54) is 37.3 Å². The zero-order chi connectivity index (χ0) is 27.8. The molecule has 0 saturated heterocycles. The van der Waals surface area contributed by atoms with Crippen LogP contribution in [0.2, 0.25) is 10.2 Å². The van der Waals surface area contributed by atoms with E-state index >= 15 is 0 Å². The van der Waals surface area contributed by atoms with Crippen molar-refractivity contribution in [2.24, 2.45) is 5.11 Å². The molecular formula is C24H17Cl2FN4O6S. The Labute approximate surface area is 228 Å². The maximum absolute atomic E-state index is 13.3. The van der Waals surface area contributed by atoms with Gasteiger partial charge in [0.1, 0.15) is 28.6 Å². The number of Topliss-reactive ketones (excluding diaryl/α,β-unsaturated/α-hetero) is 1. The number of nitrogens with zero attached hydrogens (tertiary/aromatic N) is 4. The second-order valence-corrected chi connectivity index (χ2v) is 9.31. The fraction of sp³-hybridized carbons (Fsp3) is 0.167. The number of thiazole rings is 1. The van der Waals surface area contributed by atoms with Gasteiger partial charge in [-0.1, -0.05) is 40.6 Å². The van der Waals surface area contributed by atoms with E-state index in [1.807, 2.05) is 0 Å². The maximum Gasteiger partial charge on any atom is 0.351 e. The summed E-state index contributed by atoms with van der Waals surface area (Å²) in [7, 11) is 0. The minimum Gasteiger partial charge on any atom is -0.507 e. The highest BCUT2D eigenvalue weighted by atomic mass is 35.5. The number of hydrogen-bond donors (Lipinski definition) is 1. The summed E-state index contributed by atoms with van der Waals surface area (Å²) < 4.78 is 24.1. The van der Waals surface area contributed by atoms with Gasteiger partial charge in [0.2, 0.25) is 5.91 Å². The number of allylic oxidation sites excluding steroid dienone is 2. The molecule has 1 amide bonds. The zero-order valence-electron chi connectivity index (χ0n) is 19.5. The number of ketones is 1. The van der Waals surface area contributed by atoms with Crippen molar-refractivity contribution in [1.29, 1.82) is 0 Å². The molecule has 2 aromatic heterocycles. The van der Waals surface area contributed by atoms with Gasteiger partial charge >= 0.3 is 5.63 Å². The van der Waals surface area contributed by atoms with Gasteiger partial charge in [-0.05, 0) is 60.3 Å². The molecule has 0 spiro atoms. The van der Waals surface area contributed by atoms with Gasteiger partial charge in [-0.2, -0.15) is 4.98 Å². The number of carbonyl (C=O) groups excluding carboxylic acids is 2. The Morgan fingerprint density at radius 2 is 2.11 bits per heavy atom. The molecule has 3 aromatic rings. The Bertz CT molecular complexity index is 1560. The quantitative estimate of drug-likeness (QED) is 0.0674. The lowest BCUT2D eigenvalue weighted by atomic mass is 10.0. The molecule has 0 fully saturated rings. The molecule has 0 saturated carbocycles. The second kappa shape index (κ2) is 13.0. The van der Waals surface area contributed by atoms with Gasteiger partial charge in [0, 0.05) is 23.5 Å². The van der Waals surface area contributed by atoms with Crippen molar-refractivity contribution in [1.82, 2.24) is 4.98 Å². The van der Waals surface area contributed by atoms with Crippen LogP contribution in [0.1, 0.15) is 40.8 Å². The van der Waals surface area contributed by atoms with E-state index in [0.717, 1.165) is 23.5 Å². The molecule has 14 heteroatoms. The van der Waals surface area contributed by atoms with Crippen molar-refractivity contribution in [2.75, 3.05) is 0 Å². The topological polar surface area (TPSA) is 155 Å². The fourth-order valence-corrected chi connectivity index (χ4v) is 4.34. The van der Waals surface area contributed by atoms with Crippen LogP contribution in [0.5, 0.6) is 16.7 Å². The highest BCUT2D eigenvalue weighted by Crippen LogP contribution is 2.35. The van der Waals surface area contributed by atoms with Crippen LogP contribution in [-0.4, -0.2) is 21.8 Å². The number of ether oxygens (including phenoxy) is 1. The van der Waals surface area contributed by atoms with Crippen LogP contribution in [0.25, 0.3) is 16.5 Å². The average Bonchev–Trinajstić information content (AvgIpc) is 3.19. The van der Waals surface area contributed by atoms with Crippen molar-refractivity contribution in [3.8, 4) is 16.7 Å². The SMILES string of the molecule is C/C(=C\c1sc(Oc2ccc(F)c(Cl)c2)nc1Cl)C(=O)c1c(O)cc(CCC/C=C/C(=O)N=[N+]=[N-])oc1=O. The minimum atomic E-state index is -1.01. The summed E-state index contributed by atoms with van der Waals surface area (Å²) in [6.07, 6.45) is 5.10. The van der Waals surface area contributed by atoms with Crippen LogP contribution < -0.4 is 10.4 Å². The van der Waals surface area contributed by atoms with Crippen LogP contribution in [0.4, 0.5) is 4.39 Å². The summed E-state index contributed by atoms with van der Waals surface area (Å²) in [5.74, 6) is -2.29. The molecule has 0 aliphatic heterocycles. The molecule has 0 atom stereocenters. The number of unbranched alkanes of at least 4 members (excludes halogenated alkanes) is 1. The van der Waals surface area contributed by atoms with Crippen molar-refractivity contribution in [3.63, 3.8) is 0 Å². The molecule has 196 valence electrons. The first-order valence-electron chi connectivity index (χ1n) is 10.7. The molecule has 0 bridgehead atoms. The van der Waals surface area contributed by atoms with Gasteiger partial charge < -0.3 is 14.3 Å². The van der Waals surface area contributed by atoms with Crippen molar-refractivity contribution in [2.45, 2.75) is 26.2 Å². The van der Waals surface area contributed by atoms with Gasteiger partial charge in [-0.3, -0.25) is 9.59 Å². The lowest BCUT2D eigenvalue weighted by Crippen LogP contribution is -2.16. The number of benzene rings is 1. The van der Waals surface area contributed by atoms with E-state index in [9.17, 15) is 23.9 Å². The fourth-order valence-electron chi connectivity index (χ4n) is 3.04. The lowest BCUT2D eigenvalue weighted by Gasteiger charge is -2.05. The third-order valence-electron chi connectivity index (χ3n) is 4.80. The molecule has 10 nitrogen and oxygen atoms in total. The van der Waals surface area contributed by atoms with Crippen LogP contribution in [0.15, 0.2) is 56.3 Å². The molecule has 1 N–H and O–H groups in total. The molecule has 1 aromatic carbocycles. The lowest BCUT2D eigenvalue weighted by molar-refractivity contribution is -0.113. The third kappa shape index (κ3) is 7.53. The Morgan fingerprint density at radius 1 is 1.34 bits per heavy atom. The monoisotopic (exact) mass is 578 g/mol. The van der Waals surface area contributed by atoms with E-state index in [1.54, 1.807) is 0 Å². The normalized spacial score (nSPS) is 11.4. The summed E-state index contributed by atoms with van der Waals surface area (Å²) in [5, 5.41) is 13.2. The number of hydrogen-bond acceptors (Lipinski definition) is 8. The van der Waals surface area contributed by atoms with E-state index in [0.29, 0.717) is 17.7 Å². The van der Waals surface area contributed by atoms with Gasteiger partial charge in [-0.15, -0.1) is 0 Å². The number of carbonyl (C=O) groups is 2. The van der Waals surface area contributed by atoms with Crippen molar-refractivity contribution >= 4 is 52.3 Å². The van der Waals surface area contributed by atoms with Crippen LogP contribution >= 0.6 is 34.5 Å². The van der Waals surface area contributed by atoms with Gasteiger partial charge in [0.15, 0.2) is 10.9 Å². The Balaban J connectivity index is 1.71. The number of halogens is 3. The predicted molar refractivity (Wildman–Crippen MR) is 139 cm³/mol. The molecule has 3 rings (SSSR count). The summed E-state index contributed by atoms with van der Waals surface area (Å²) in [6, 6.07) is 4.94. The summed E-state index contributed by atoms with van der Waals surface area (Å²) in [6.45, 7) is 1.43. The molecule has 0 aliphatic rings. The largest absolute Gasteiger partial charge is 0.507 e. The Hall–Kier alpha value is -3.96. The molecule has 0 unspecified atom stereocenters. The summed E-state index contributed by atoms with van der Waals surface area (Å²) in [4.78, 5) is 43.2. The highest BCUT2D eigenvalue weighted by Gasteiger charge is 2.21. The van der Waals surface area contributed by atoms with E-state index in [2.05, 4.69) is 15.0 Å². The molecular weight excluding hydrogens is 562 g/mol. The van der Waals surface area contributed by atoms with Gasteiger partial charge in [0.25, 0.3) is 5.19 Å². The number of azide groups is 1. The molecule has 0 aliphatic carbocycles. The smallest absolute Gasteiger partial charge is 0.351 e. The highest BCUT2D eigenvalue weighted by molar-refractivity contribution is 7.14. The minimum absolute atomic E-state index is 0.0205. The first kappa shape index (κ1) is 28.6. The number of amides is 1. The number of rotatable bonds is 10. The number of aromatic nitrogens is 1. The Kier molecular flexibility index (Phi) is 9.80. The van der Waals surface area contributed by atoms with Crippen molar-refractivity contribution < 1.29 is 28.2 Å². The van der Waals surface area contributed by atoms with Crippen molar-refractivity contribution in [3.05, 3.63) is 95.0 Å². The van der Waals surface area contributed by atoms with E-state index in [4.69, 9.17) is 37.9 Å². The van der Waals surface area contributed by atoms with E-state index in [-0.39, 0.29) is 38.9 Å². The standard InChI is InChI=1S/C24H17Cl2FN4O6S/c1-12(9-18-22(26)29-24(38-18)37-14-7-8-16(27)15(25)10-14)21(34)20-17(32)11-13(36-23(20)35)5-3-2-4-6-19(33)30-31-28/h4,6-11,32H,2-3,5H2,1H3/b6-4+,12-9+. The maximum atomic E-state index is 13.3. The zero-order valence-corrected chi connectivity index (χ0v) is 21.8. The molecule has 0 radical (unpaired) electrons. The van der Waals surface area contributed by atoms with E-state index < -0.39 is 34.4 Å². The predicted octanol–water partition coefficient (Wildman–Crippen LogP) is 7.04. The number of aryl methyl sites for hydroxylation is 1. The second-order valence-electron chi connectivity index (χ2n) is 7.55. The van der Waals surface area contributed by atoms with Crippen LogP contribution in [-0.2, 0) is 11.2 Å². The molecule has 2 heterocycles. The first-order valence-corrected chi connectivity index (χ1v) is 12.3. The van der Waals surface area contributed by atoms with Crippen LogP contribution in [0.3, 0.4) is 0 Å². The first-order chi connectivity index (χ1) is 18.1. The third-order valence-corrected chi connectivity index (χ3v) is 6.37. The molecule has 38 heavy (non-hydrogen) atoms. The summed E-state index contributed by atoms with van der Waals surface area (Å²) in [5.41, 5.74) is 6.68. The van der Waals surface area contributed by atoms with Crippen LogP contribution in [0, 0.1) is 5.82 Å².